The van der Waals surface area contributed by atoms with Crippen molar-refractivity contribution >= 4 is 26.0 Å². The first-order valence-electron chi connectivity index (χ1n) is 10.8. The minimum atomic E-state index is -4.00. The number of carbonyl (C=O) groups is 1. The van der Waals surface area contributed by atoms with E-state index in [1.54, 1.807) is 12.1 Å². The number of morpholine rings is 1. The zero-order valence-corrected chi connectivity index (χ0v) is 21.3. The van der Waals surface area contributed by atoms with Gasteiger partial charge in [-0.05, 0) is 36.8 Å². The zero-order valence-electron chi connectivity index (χ0n) is 19.7. The van der Waals surface area contributed by atoms with E-state index in [9.17, 15) is 21.6 Å². The van der Waals surface area contributed by atoms with Crippen molar-refractivity contribution in [3.05, 3.63) is 48.0 Å². The fraction of sp³-hybridized carbons (Fsp3) is 0.409. The van der Waals surface area contributed by atoms with Crippen molar-refractivity contribution in [2.45, 2.75) is 29.3 Å². The Kier molecular flexibility index (Phi) is 8.72. The van der Waals surface area contributed by atoms with Gasteiger partial charge in [0.15, 0.2) is 11.5 Å². The molecule has 2 aromatic rings. The number of hydrogen-bond donors (Lipinski definition) is 2. The average Bonchev–Trinajstić information content (AvgIpc) is 2.87. The summed E-state index contributed by atoms with van der Waals surface area (Å²) in [4.78, 5) is 12.6. The molecule has 1 saturated heterocycles. The minimum absolute atomic E-state index is 0.0770. The molecule has 11 nitrogen and oxygen atoms in total. The van der Waals surface area contributed by atoms with Gasteiger partial charge in [-0.3, -0.25) is 4.79 Å². The molecular formula is C22H29N3O8S2. The molecule has 0 spiro atoms. The van der Waals surface area contributed by atoms with Gasteiger partial charge in [0.1, 0.15) is 0 Å². The zero-order chi connectivity index (χ0) is 25.6. The molecule has 0 aromatic heterocycles. The topological polar surface area (TPSA) is 140 Å². The van der Waals surface area contributed by atoms with Crippen molar-refractivity contribution in [3.63, 3.8) is 0 Å². The highest BCUT2D eigenvalue weighted by molar-refractivity contribution is 7.89. The Morgan fingerprint density at radius 2 is 1.57 bits per heavy atom. The predicted octanol–water partition coefficient (Wildman–Crippen LogP) is 0.708. The van der Waals surface area contributed by atoms with Crippen molar-refractivity contribution in [3.8, 4) is 11.5 Å². The Morgan fingerprint density at radius 3 is 2.17 bits per heavy atom. The van der Waals surface area contributed by atoms with E-state index in [1.165, 1.54) is 55.8 Å². The van der Waals surface area contributed by atoms with E-state index in [0.29, 0.717) is 37.6 Å². The third-order valence-electron chi connectivity index (χ3n) is 5.39. The molecule has 1 fully saturated rings. The van der Waals surface area contributed by atoms with Crippen LogP contribution in [0.25, 0.3) is 0 Å². The van der Waals surface area contributed by atoms with Crippen LogP contribution in [0.15, 0.2) is 52.3 Å². The van der Waals surface area contributed by atoms with Gasteiger partial charge in [-0.25, -0.2) is 16.8 Å². The quantitative estimate of drug-likeness (QED) is 0.460. The largest absolute Gasteiger partial charge is 0.493 e. The Labute approximate surface area is 205 Å². The molecule has 1 amide bonds. The third kappa shape index (κ3) is 6.49. The Balaban J connectivity index is 1.59. The molecule has 1 heterocycles. The standard InChI is InChI=1S/C22H29N3O8S2/c1-16(24-34(27,28)19-8-9-20(31-2)21(14-19)32-3)22(26)23-15-17-4-6-18(7-5-17)35(29,30)25-10-12-33-13-11-25/h4-9,14,16,24H,10-13,15H2,1-3H3,(H,23,26). The first-order valence-corrected chi connectivity index (χ1v) is 13.7. The lowest BCUT2D eigenvalue weighted by atomic mass is 10.2. The fourth-order valence-electron chi connectivity index (χ4n) is 3.40. The van der Waals surface area contributed by atoms with Gasteiger partial charge in [-0.2, -0.15) is 9.03 Å². The van der Waals surface area contributed by atoms with E-state index in [2.05, 4.69) is 10.0 Å². The second-order valence-electron chi connectivity index (χ2n) is 7.74. The van der Waals surface area contributed by atoms with E-state index < -0.39 is 32.0 Å². The molecule has 1 aliphatic heterocycles. The van der Waals surface area contributed by atoms with E-state index in [0.717, 1.165) is 0 Å². The lowest BCUT2D eigenvalue weighted by Gasteiger charge is -2.26. The number of rotatable bonds is 10. The maximum absolute atomic E-state index is 12.7. The van der Waals surface area contributed by atoms with Gasteiger partial charge in [0.05, 0.1) is 43.3 Å². The smallest absolute Gasteiger partial charge is 0.243 e. The minimum Gasteiger partial charge on any atom is -0.493 e. The van der Waals surface area contributed by atoms with Crippen molar-refractivity contribution in [2.75, 3.05) is 40.5 Å². The number of carbonyl (C=O) groups excluding carboxylic acids is 1. The van der Waals surface area contributed by atoms with Gasteiger partial charge in [-0.1, -0.05) is 12.1 Å². The van der Waals surface area contributed by atoms with E-state index in [4.69, 9.17) is 14.2 Å². The molecule has 0 radical (unpaired) electrons. The number of methoxy groups -OCH3 is 2. The molecule has 192 valence electrons. The van der Waals surface area contributed by atoms with Gasteiger partial charge in [-0.15, -0.1) is 0 Å². The van der Waals surface area contributed by atoms with Crippen LogP contribution in [0.3, 0.4) is 0 Å². The number of benzene rings is 2. The Bertz CT molecular complexity index is 1240. The molecule has 1 atom stereocenters. The summed E-state index contributed by atoms with van der Waals surface area (Å²) in [6.45, 7) is 2.84. The third-order valence-corrected chi connectivity index (χ3v) is 8.84. The lowest BCUT2D eigenvalue weighted by Crippen LogP contribution is -2.44. The van der Waals surface area contributed by atoms with Crippen LogP contribution in [-0.4, -0.2) is 73.6 Å². The van der Waals surface area contributed by atoms with Crippen LogP contribution >= 0.6 is 0 Å². The molecule has 3 rings (SSSR count). The summed E-state index contributed by atoms with van der Waals surface area (Å²) in [5.74, 6) is 0.0756. The van der Waals surface area contributed by atoms with Gasteiger partial charge in [0.2, 0.25) is 26.0 Å². The van der Waals surface area contributed by atoms with Gasteiger partial charge >= 0.3 is 0 Å². The van der Waals surface area contributed by atoms with Crippen molar-refractivity contribution in [1.29, 1.82) is 0 Å². The lowest BCUT2D eigenvalue weighted by molar-refractivity contribution is -0.122. The van der Waals surface area contributed by atoms with Crippen molar-refractivity contribution < 1.29 is 35.8 Å². The molecule has 1 aliphatic rings. The summed E-state index contributed by atoms with van der Waals surface area (Å²) in [6.07, 6.45) is 0. The average molecular weight is 528 g/mol. The number of hydrogen-bond acceptors (Lipinski definition) is 8. The van der Waals surface area contributed by atoms with Crippen molar-refractivity contribution in [2.24, 2.45) is 0 Å². The molecule has 1 unspecified atom stereocenters. The van der Waals surface area contributed by atoms with E-state index in [1.807, 2.05) is 0 Å². The predicted molar refractivity (Wildman–Crippen MR) is 127 cm³/mol. The monoisotopic (exact) mass is 527 g/mol. The summed E-state index contributed by atoms with van der Waals surface area (Å²) in [7, 11) is -4.78. The number of sulfonamides is 2. The number of nitrogens with zero attached hydrogens (tertiary/aromatic N) is 1. The molecule has 2 aromatic carbocycles. The fourth-order valence-corrected chi connectivity index (χ4v) is 6.02. The first-order chi connectivity index (χ1) is 16.6. The summed E-state index contributed by atoms with van der Waals surface area (Å²) in [5, 5.41) is 2.65. The van der Waals surface area contributed by atoms with Crippen LogP contribution in [0.5, 0.6) is 11.5 Å². The van der Waals surface area contributed by atoms with Crippen LogP contribution in [0.1, 0.15) is 12.5 Å². The molecular weight excluding hydrogens is 498 g/mol. The van der Waals surface area contributed by atoms with Crippen LogP contribution in [0.2, 0.25) is 0 Å². The number of nitrogens with one attached hydrogen (secondary N) is 2. The molecule has 0 saturated carbocycles. The summed E-state index contributed by atoms with van der Waals surface area (Å²) in [6, 6.07) is 9.22. The van der Waals surface area contributed by atoms with Gasteiger partial charge < -0.3 is 19.5 Å². The van der Waals surface area contributed by atoms with Crippen LogP contribution in [0.4, 0.5) is 0 Å². The highest BCUT2D eigenvalue weighted by Gasteiger charge is 2.26. The summed E-state index contributed by atoms with van der Waals surface area (Å²) < 4.78 is 69.9. The number of amides is 1. The Hall–Kier alpha value is -2.71. The Morgan fingerprint density at radius 1 is 0.971 bits per heavy atom. The first kappa shape index (κ1) is 26.9. The molecule has 0 bridgehead atoms. The SMILES string of the molecule is COc1ccc(S(=O)(=O)NC(C)C(=O)NCc2ccc(S(=O)(=O)N3CCOCC3)cc2)cc1OC. The second-order valence-corrected chi connectivity index (χ2v) is 11.4. The summed E-state index contributed by atoms with van der Waals surface area (Å²) in [5.41, 5.74) is 0.661. The maximum Gasteiger partial charge on any atom is 0.243 e. The highest BCUT2D eigenvalue weighted by atomic mass is 32.2. The maximum atomic E-state index is 12.7. The van der Waals surface area contributed by atoms with Gasteiger partial charge in [0.25, 0.3) is 0 Å². The van der Waals surface area contributed by atoms with E-state index in [-0.39, 0.29) is 22.1 Å². The summed E-state index contributed by atoms with van der Waals surface area (Å²) >= 11 is 0. The van der Waals surface area contributed by atoms with Crippen LogP contribution in [0, 0.1) is 0 Å². The van der Waals surface area contributed by atoms with Crippen LogP contribution < -0.4 is 19.5 Å². The molecule has 13 heteroatoms. The second kappa shape index (κ2) is 11.4. The van der Waals surface area contributed by atoms with Crippen LogP contribution in [-0.2, 0) is 36.1 Å². The molecule has 35 heavy (non-hydrogen) atoms. The molecule has 2 N–H and O–H groups in total. The number of ether oxygens (including phenoxy) is 3. The van der Waals surface area contributed by atoms with E-state index >= 15 is 0 Å². The highest BCUT2D eigenvalue weighted by Crippen LogP contribution is 2.29. The van der Waals surface area contributed by atoms with Crippen molar-refractivity contribution in [1.82, 2.24) is 14.3 Å². The van der Waals surface area contributed by atoms with Gasteiger partial charge in [0, 0.05) is 25.7 Å². The molecule has 0 aliphatic carbocycles. The normalized spacial score (nSPS) is 15.9.